The number of allylic oxidation sites excluding steroid dienone is 2. The van der Waals surface area contributed by atoms with Crippen molar-refractivity contribution in [3.63, 3.8) is 0 Å². The number of nitrogens with one attached hydrogen (secondary N) is 1. The van der Waals surface area contributed by atoms with Gasteiger partial charge in [-0.1, -0.05) is 59.8 Å². The molecule has 0 spiro atoms. The highest BCUT2D eigenvalue weighted by Crippen LogP contribution is 2.76. The summed E-state index contributed by atoms with van der Waals surface area (Å²) >= 11 is 0. The Bertz CT molecular complexity index is 1680. The number of hydrogen-bond acceptors (Lipinski definition) is 7. The van der Waals surface area contributed by atoms with Gasteiger partial charge in [-0.25, -0.2) is 13.2 Å². The van der Waals surface area contributed by atoms with Gasteiger partial charge in [0.2, 0.25) is 0 Å². The highest BCUT2D eigenvalue weighted by atomic mass is 32.2. The van der Waals surface area contributed by atoms with Crippen molar-refractivity contribution in [2.75, 3.05) is 37.7 Å². The highest BCUT2D eigenvalue weighted by molar-refractivity contribution is 7.91. The second-order valence-electron chi connectivity index (χ2n) is 18.8. The van der Waals surface area contributed by atoms with E-state index >= 15 is 0 Å². The van der Waals surface area contributed by atoms with Crippen LogP contribution in [0.15, 0.2) is 35.3 Å². The Kier molecular flexibility index (Phi) is 9.12. The number of carbonyl (C=O) groups is 1. The van der Waals surface area contributed by atoms with Gasteiger partial charge in [0.15, 0.2) is 9.84 Å². The first-order valence-electron chi connectivity index (χ1n) is 19.9. The lowest BCUT2D eigenvalue weighted by atomic mass is 9.32. The van der Waals surface area contributed by atoms with Crippen LogP contribution in [0.2, 0.25) is 0 Å². The number of rotatable bonds is 9. The molecule has 0 bridgehead atoms. The van der Waals surface area contributed by atoms with E-state index in [9.17, 15) is 23.4 Å². The zero-order valence-corrected chi connectivity index (χ0v) is 33.0. The Morgan fingerprint density at radius 3 is 2.24 bits per heavy atom. The quantitative estimate of drug-likeness (QED) is 0.259. The molecule has 9 heteroatoms. The standard InChI is InChI=1S/C42H63N3O5S/c1-8-41(43-21-22-45-23-25-51(49,50)26-24-45)20-19-39(6)32(35(41)42(27-44-42)28(2)46)13-14-34-38(5)17-15-31(29-9-11-30(12-10-29)36(47)48)37(3,4)33(38)16-18-40(34,39)7/h9-12,15,27-28,32-35,43,46H,8,13-14,16-26H2,1-7H3,(H,47,48). The van der Waals surface area contributed by atoms with Gasteiger partial charge in [0.1, 0.15) is 5.54 Å². The molecule has 51 heavy (non-hydrogen) atoms. The molecule has 6 aliphatic rings. The largest absolute Gasteiger partial charge is 0.478 e. The zero-order chi connectivity index (χ0) is 36.8. The fourth-order valence-corrected chi connectivity index (χ4v) is 14.8. The molecular weight excluding hydrogens is 659 g/mol. The maximum Gasteiger partial charge on any atom is 0.335 e. The van der Waals surface area contributed by atoms with Crippen LogP contribution in [0.4, 0.5) is 0 Å². The molecule has 0 amide bonds. The molecule has 0 radical (unpaired) electrons. The lowest BCUT2D eigenvalue weighted by Crippen LogP contribution is -2.71. The Labute approximate surface area is 306 Å². The zero-order valence-electron chi connectivity index (χ0n) is 32.2. The topological polar surface area (TPSA) is 119 Å². The summed E-state index contributed by atoms with van der Waals surface area (Å²) in [7, 11) is -2.91. The monoisotopic (exact) mass is 721 g/mol. The molecule has 10 atom stereocenters. The SMILES string of the molecule is CCC1(NCCN2CCS(=O)(=O)CC2)CCC2(C)C(CCC3C4(C)CC=C(c5ccc(C(=O)O)cc5)C(C)(C)C4CCC32C)C1C1(C(C)O)C=N1. The van der Waals surface area contributed by atoms with E-state index in [1.807, 2.05) is 19.1 Å². The van der Waals surface area contributed by atoms with Crippen LogP contribution in [0.5, 0.6) is 0 Å². The Morgan fingerprint density at radius 1 is 0.980 bits per heavy atom. The molecule has 1 saturated heterocycles. The number of aliphatic hydroxyl groups excluding tert-OH is 1. The van der Waals surface area contributed by atoms with Crippen molar-refractivity contribution in [2.45, 2.75) is 117 Å². The van der Waals surface area contributed by atoms with E-state index in [0.29, 0.717) is 36.4 Å². The third kappa shape index (κ3) is 5.64. The van der Waals surface area contributed by atoms with Crippen molar-refractivity contribution in [3.05, 3.63) is 41.5 Å². The van der Waals surface area contributed by atoms with Gasteiger partial charge in [0.25, 0.3) is 0 Å². The molecule has 8 nitrogen and oxygen atoms in total. The first kappa shape index (κ1) is 37.3. The van der Waals surface area contributed by atoms with Gasteiger partial charge in [0, 0.05) is 43.9 Å². The summed E-state index contributed by atoms with van der Waals surface area (Å²) in [5.74, 6) is 1.34. The van der Waals surface area contributed by atoms with E-state index in [1.165, 1.54) is 24.8 Å². The number of aliphatic imine (C=N–C) groups is 1. The molecule has 4 aliphatic carbocycles. The first-order valence-corrected chi connectivity index (χ1v) is 21.7. The van der Waals surface area contributed by atoms with Gasteiger partial charge >= 0.3 is 5.97 Å². The second-order valence-corrected chi connectivity index (χ2v) is 21.1. The number of nitrogens with zero attached hydrogens (tertiary/aromatic N) is 2. The molecule has 10 unspecified atom stereocenters. The molecule has 2 heterocycles. The maximum absolute atomic E-state index is 12.1. The summed E-state index contributed by atoms with van der Waals surface area (Å²) in [6.07, 6.45) is 12.9. The van der Waals surface area contributed by atoms with Crippen LogP contribution < -0.4 is 5.32 Å². The molecular formula is C42H63N3O5S. The van der Waals surface area contributed by atoms with Crippen LogP contribution in [0.3, 0.4) is 0 Å². The average Bonchev–Trinajstić information content (AvgIpc) is 3.88. The summed E-state index contributed by atoms with van der Waals surface area (Å²) < 4.78 is 24.1. The molecule has 0 aromatic heterocycles. The van der Waals surface area contributed by atoms with Crippen LogP contribution in [0.1, 0.15) is 116 Å². The van der Waals surface area contributed by atoms with E-state index in [2.05, 4.69) is 64.0 Å². The van der Waals surface area contributed by atoms with E-state index < -0.39 is 27.4 Å². The van der Waals surface area contributed by atoms with E-state index in [0.717, 1.165) is 50.8 Å². The Balaban J connectivity index is 1.18. The molecule has 1 aromatic carbocycles. The molecule has 1 aromatic rings. The van der Waals surface area contributed by atoms with E-state index in [1.54, 1.807) is 12.1 Å². The van der Waals surface area contributed by atoms with Gasteiger partial charge in [-0.2, -0.15) is 0 Å². The lowest BCUT2D eigenvalue weighted by Gasteiger charge is -2.73. The minimum atomic E-state index is -2.91. The van der Waals surface area contributed by atoms with Gasteiger partial charge < -0.3 is 20.4 Å². The van der Waals surface area contributed by atoms with Crippen LogP contribution in [-0.4, -0.2) is 90.6 Å². The number of carboxylic acid groups (broad SMARTS) is 1. The molecule has 3 N–H and O–H groups in total. The number of aliphatic hydroxyl groups is 1. The lowest BCUT2D eigenvalue weighted by molar-refractivity contribution is -0.225. The number of benzene rings is 1. The normalized spacial score (nSPS) is 43.3. The van der Waals surface area contributed by atoms with Gasteiger partial charge in [-0.05, 0) is 121 Å². The van der Waals surface area contributed by atoms with Gasteiger partial charge in [0.05, 0.1) is 23.2 Å². The van der Waals surface area contributed by atoms with Crippen molar-refractivity contribution >= 4 is 27.6 Å². The van der Waals surface area contributed by atoms with Crippen molar-refractivity contribution in [1.29, 1.82) is 0 Å². The van der Waals surface area contributed by atoms with Crippen LogP contribution in [-0.2, 0) is 9.84 Å². The highest BCUT2D eigenvalue weighted by Gasteiger charge is 2.72. The first-order chi connectivity index (χ1) is 23.9. The second kappa shape index (κ2) is 12.5. The predicted octanol–water partition coefficient (Wildman–Crippen LogP) is 6.74. The molecule has 282 valence electrons. The minimum absolute atomic E-state index is 0.0377. The van der Waals surface area contributed by atoms with Crippen molar-refractivity contribution in [2.24, 2.45) is 50.3 Å². The van der Waals surface area contributed by atoms with Crippen LogP contribution in [0, 0.1) is 45.3 Å². The summed E-state index contributed by atoms with van der Waals surface area (Å²) in [5, 5.41) is 25.0. The minimum Gasteiger partial charge on any atom is -0.478 e. The van der Waals surface area contributed by atoms with E-state index in [-0.39, 0.29) is 44.6 Å². The van der Waals surface area contributed by atoms with Gasteiger partial charge in [-0.3, -0.25) is 4.99 Å². The molecule has 3 saturated carbocycles. The number of carboxylic acids is 1. The average molecular weight is 722 g/mol. The third-order valence-electron chi connectivity index (χ3n) is 16.6. The van der Waals surface area contributed by atoms with Crippen molar-refractivity contribution in [1.82, 2.24) is 10.2 Å². The van der Waals surface area contributed by atoms with Crippen LogP contribution in [0.25, 0.3) is 5.57 Å². The smallest absolute Gasteiger partial charge is 0.335 e. The van der Waals surface area contributed by atoms with Crippen molar-refractivity contribution in [3.8, 4) is 0 Å². The summed E-state index contributed by atoms with van der Waals surface area (Å²) in [5.41, 5.74) is 2.53. The summed E-state index contributed by atoms with van der Waals surface area (Å²) in [4.78, 5) is 18.8. The number of aromatic carboxylic acids is 1. The number of sulfone groups is 1. The molecule has 7 rings (SSSR count). The third-order valence-corrected chi connectivity index (χ3v) is 18.2. The Hall–Kier alpha value is -2.07. The number of fused-ring (bicyclic) bond motifs is 5. The number of hydrogen-bond donors (Lipinski definition) is 3. The maximum atomic E-state index is 12.1. The molecule has 2 aliphatic heterocycles. The van der Waals surface area contributed by atoms with Gasteiger partial charge in [-0.15, -0.1) is 0 Å². The van der Waals surface area contributed by atoms with Crippen molar-refractivity contribution < 1.29 is 23.4 Å². The molecule has 4 fully saturated rings. The summed E-state index contributed by atoms with van der Waals surface area (Å²) in [6.45, 7) is 19.8. The fourth-order valence-electron chi connectivity index (χ4n) is 13.5. The Morgan fingerprint density at radius 2 is 1.65 bits per heavy atom. The predicted molar refractivity (Wildman–Crippen MR) is 205 cm³/mol. The van der Waals surface area contributed by atoms with E-state index in [4.69, 9.17) is 4.99 Å². The summed E-state index contributed by atoms with van der Waals surface area (Å²) in [6, 6.07) is 7.50. The van der Waals surface area contributed by atoms with Crippen LogP contribution >= 0.6 is 0 Å². The fraction of sp³-hybridized carbons (Fsp3) is 0.762.